The number of sulfonamides is 1. The highest BCUT2D eigenvalue weighted by Gasteiger charge is 2.21. The molecule has 0 saturated carbocycles. The molecule has 1 atom stereocenters. The Morgan fingerprint density at radius 1 is 1.44 bits per heavy atom. The molecule has 0 amide bonds. The molecule has 102 valence electrons. The fourth-order valence-electron chi connectivity index (χ4n) is 1.34. The molecule has 6 heteroatoms. The highest BCUT2D eigenvalue weighted by molar-refractivity contribution is 7.88. The summed E-state index contributed by atoms with van der Waals surface area (Å²) in [5, 5.41) is 9.75. The molecule has 5 nitrogen and oxygen atoms in total. The minimum absolute atomic E-state index is 0.00808. The molecular weight excluding hydrogens is 252 g/mol. The van der Waals surface area contributed by atoms with E-state index < -0.39 is 15.6 Å². The van der Waals surface area contributed by atoms with E-state index in [1.54, 1.807) is 38.1 Å². The summed E-state index contributed by atoms with van der Waals surface area (Å²) in [6.45, 7) is 3.40. The van der Waals surface area contributed by atoms with Crippen molar-refractivity contribution in [3.05, 3.63) is 29.8 Å². The van der Waals surface area contributed by atoms with Crippen molar-refractivity contribution in [1.29, 1.82) is 0 Å². The molecule has 0 radical (unpaired) electrons. The second kappa shape index (κ2) is 5.69. The maximum atomic E-state index is 11.8. The van der Waals surface area contributed by atoms with Gasteiger partial charge in [-0.2, -0.15) is 0 Å². The van der Waals surface area contributed by atoms with Crippen molar-refractivity contribution in [3.63, 3.8) is 0 Å². The summed E-state index contributed by atoms with van der Waals surface area (Å²) < 4.78 is 26.0. The van der Waals surface area contributed by atoms with Gasteiger partial charge in [0.1, 0.15) is 0 Å². The molecule has 1 aromatic rings. The summed E-state index contributed by atoms with van der Waals surface area (Å²) in [5.41, 5.74) is 5.72. The zero-order valence-electron chi connectivity index (χ0n) is 10.7. The fraction of sp³-hybridized carbons (Fsp3) is 0.500. The maximum Gasteiger partial charge on any atom is 0.215 e. The number of hydrogen-bond donors (Lipinski definition) is 3. The first kappa shape index (κ1) is 14.9. The molecule has 0 aliphatic rings. The standard InChI is InChI=1S/C12H20N2O3S/c1-3-12(2,15)9-14-18(16,17)8-10-5-4-6-11(13)7-10/h4-7,14-15H,3,8-9,13H2,1-2H3. The van der Waals surface area contributed by atoms with Crippen LogP contribution in [0.15, 0.2) is 24.3 Å². The third-order valence-electron chi connectivity index (χ3n) is 2.74. The predicted octanol–water partition coefficient (Wildman–Crippen LogP) is 0.849. The molecule has 1 aromatic carbocycles. The van der Waals surface area contributed by atoms with E-state index in [1.807, 2.05) is 0 Å². The number of aliphatic hydroxyl groups is 1. The van der Waals surface area contributed by atoms with E-state index in [-0.39, 0.29) is 12.3 Å². The zero-order valence-corrected chi connectivity index (χ0v) is 11.5. The van der Waals surface area contributed by atoms with Crippen LogP contribution in [0.1, 0.15) is 25.8 Å². The summed E-state index contributed by atoms with van der Waals surface area (Å²) in [7, 11) is -3.46. The summed E-state index contributed by atoms with van der Waals surface area (Å²) in [4.78, 5) is 0. The van der Waals surface area contributed by atoms with Crippen LogP contribution < -0.4 is 10.5 Å². The summed E-state index contributed by atoms with van der Waals surface area (Å²) in [6, 6.07) is 6.73. The number of anilines is 1. The fourth-order valence-corrected chi connectivity index (χ4v) is 2.60. The van der Waals surface area contributed by atoms with Crippen LogP contribution in [0.2, 0.25) is 0 Å². The highest BCUT2D eigenvalue weighted by Crippen LogP contribution is 2.11. The van der Waals surface area contributed by atoms with Gasteiger partial charge in [-0.3, -0.25) is 0 Å². The Morgan fingerprint density at radius 2 is 2.11 bits per heavy atom. The molecule has 4 N–H and O–H groups in total. The van der Waals surface area contributed by atoms with Gasteiger partial charge in [-0.1, -0.05) is 19.1 Å². The molecule has 1 unspecified atom stereocenters. The lowest BCUT2D eigenvalue weighted by Crippen LogP contribution is -2.40. The molecule has 0 aromatic heterocycles. The summed E-state index contributed by atoms with van der Waals surface area (Å²) in [6.07, 6.45) is 0.480. The van der Waals surface area contributed by atoms with Gasteiger partial charge in [-0.25, -0.2) is 13.1 Å². The molecule has 0 bridgehead atoms. The lowest BCUT2D eigenvalue weighted by atomic mass is 10.1. The topological polar surface area (TPSA) is 92.4 Å². The van der Waals surface area contributed by atoms with Crippen molar-refractivity contribution in [3.8, 4) is 0 Å². The van der Waals surface area contributed by atoms with Crippen LogP contribution in [0.3, 0.4) is 0 Å². The molecule has 0 aliphatic heterocycles. The van der Waals surface area contributed by atoms with Gasteiger partial charge >= 0.3 is 0 Å². The molecular formula is C12H20N2O3S. The number of nitrogen functional groups attached to an aromatic ring is 1. The van der Waals surface area contributed by atoms with Gasteiger partial charge in [0.2, 0.25) is 10.0 Å². The van der Waals surface area contributed by atoms with Crippen LogP contribution in [0.25, 0.3) is 0 Å². The lowest BCUT2D eigenvalue weighted by molar-refractivity contribution is 0.0613. The largest absolute Gasteiger partial charge is 0.399 e. The molecule has 0 fully saturated rings. The number of nitrogens with one attached hydrogen (secondary N) is 1. The van der Waals surface area contributed by atoms with Crippen molar-refractivity contribution in [2.75, 3.05) is 12.3 Å². The first-order valence-corrected chi connectivity index (χ1v) is 7.43. The minimum Gasteiger partial charge on any atom is -0.399 e. The Kier molecular flexibility index (Phi) is 4.72. The molecule has 18 heavy (non-hydrogen) atoms. The van der Waals surface area contributed by atoms with E-state index in [0.717, 1.165) is 0 Å². The Morgan fingerprint density at radius 3 is 2.67 bits per heavy atom. The van der Waals surface area contributed by atoms with Gasteiger partial charge < -0.3 is 10.8 Å². The Labute approximate surface area is 108 Å². The van der Waals surface area contributed by atoms with Gasteiger partial charge in [-0.15, -0.1) is 0 Å². The van der Waals surface area contributed by atoms with Gasteiger partial charge in [0, 0.05) is 12.2 Å². The van der Waals surface area contributed by atoms with Crippen LogP contribution in [0.5, 0.6) is 0 Å². The van der Waals surface area contributed by atoms with E-state index in [1.165, 1.54) is 0 Å². The van der Waals surface area contributed by atoms with Gasteiger partial charge in [-0.05, 0) is 31.0 Å². The normalized spacial score (nSPS) is 15.3. The Bertz CT molecular complexity index is 498. The smallest absolute Gasteiger partial charge is 0.215 e. The van der Waals surface area contributed by atoms with Crippen LogP contribution in [0.4, 0.5) is 5.69 Å². The zero-order chi connectivity index (χ0) is 13.8. The third kappa shape index (κ3) is 5.03. The lowest BCUT2D eigenvalue weighted by Gasteiger charge is -2.21. The molecule has 0 spiro atoms. The Hall–Kier alpha value is -1.11. The molecule has 0 aliphatic carbocycles. The number of benzene rings is 1. The van der Waals surface area contributed by atoms with Crippen molar-refractivity contribution in [1.82, 2.24) is 4.72 Å². The Balaban J connectivity index is 2.66. The molecule has 0 saturated heterocycles. The van der Waals surface area contributed by atoms with E-state index in [4.69, 9.17) is 5.73 Å². The third-order valence-corrected chi connectivity index (χ3v) is 4.04. The van der Waals surface area contributed by atoms with Gasteiger partial charge in [0.15, 0.2) is 0 Å². The van der Waals surface area contributed by atoms with E-state index >= 15 is 0 Å². The van der Waals surface area contributed by atoms with Crippen LogP contribution in [-0.2, 0) is 15.8 Å². The molecule has 0 heterocycles. The van der Waals surface area contributed by atoms with Gasteiger partial charge in [0.05, 0.1) is 11.4 Å². The maximum absolute atomic E-state index is 11.8. The number of nitrogens with two attached hydrogens (primary N) is 1. The van der Waals surface area contributed by atoms with Crippen molar-refractivity contribution < 1.29 is 13.5 Å². The number of hydrogen-bond acceptors (Lipinski definition) is 4. The van der Waals surface area contributed by atoms with Crippen LogP contribution >= 0.6 is 0 Å². The monoisotopic (exact) mass is 272 g/mol. The predicted molar refractivity (Wildman–Crippen MR) is 72.4 cm³/mol. The van der Waals surface area contributed by atoms with Crippen molar-refractivity contribution in [2.45, 2.75) is 31.6 Å². The van der Waals surface area contributed by atoms with Crippen LogP contribution in [0, 0.1) is 0 Å². The van der Waals surface area contributed by atoms with Crippen LogP contribution in [-0.4, -0.2) is 25.7 Å². The van der Waals surface area contributed by atoms with Crippen molar-refractivity contribution in [2.24, 2.45) is 0 Å². The van der Waals surface area contributed by atoms with Gasteiger partial charge in [0.25, 0.3) is 0 Å². The minimum atomic E-state index is -3.46. The first-order valence-electron chi connectivity index (χ1n) is 5.78. The second-order valence-electron chi connectivity index (χ2n) is 4.68. The van der Waals surface area contributed by atoms with Crippen molar-refractivity contribution >= 4 is 15.7 Å². The average molecular weight is 272 g/mol. The average Bonchev–Trinajstić information content (AvgIpc) is 2.26. The quantitative estimate of drug-likeness (QED) is 0.669. The first-order chi connectivity index (χ1) is 8.24. The summed E-state index contributed by atoms with van der Waals surface area (Å²) in [5.74, 6) is -0.141. The number of rotatable bonds is 6. The van der Waals surface area contributed by atoms with E-state index in [0.29, 0.717) is 17.7 Å². The summed E-state index contributed by atoms with van der Waals surface area (Å²) >= 11 is 0. The van der Waals surface area contributed by atoms with E-state index in [9.17, 15) is 13.5 Å². The van der Waals surface area contributed by atoms with E-state index in [2.05, 4.69) is 4.72 Å². The highest BCUT2D eigenvalue weighted by atomic mass is 32.2. The second-order valence-corrected chi connectivity index (χ2v) is 6.48. The SMILES string of the molecule is CCC(C)(O)CNS(=O)(=O)Cc1cccc(N)c1. The molecule has 1 rings (SSSR count).